The Morgan fingerprint density at radius 3 is 2.76 bits per heavy atom. The van der Waals surface area contributed by atoms with E-state index in [1.54, 1.807) is 18.4 Å². The van der Waals surface area contributed by atoms with Crippen molar-refractivity contribution in [2.45, 2.75) is 19.5 Å². The number of methoxy groups -OCH3 is 1. The van der Waals surface area contributed by atoms with E-state index < -0.39 is 0 Å². The SMILES string of the molecule is CNC(C)c1c(OC)cccc1N(C)Cc1cc(Br)cs1. The van der Waals surface area contributed by atoms with Crippen molar-refractivity contribution in [2.24, 2.45) is 0 Å². The van der Waals surface area contributed by atoms with Crippen LogP contribution in [0.5, 0.6) is 5.75 Å². The minimum atomic E-state index is 0.230. The summed E-state index contributed by atoms with van der Waals surface area (Å²) < 4.78 is 6.69. The fourth-order valence-corrected chi connectivity index (χ4v) is 3.88. The normalized spacial score (nSPS) is 12.2. The van der Waals surface area contributed by atoms with E-state index in [-0.39, 0.29) is 6.04 Å². The van der Waals surface area contributed by atoms with Gasteiger partial charge in [0.2, 0.25) is 0 Å². The van der Waals surface area contributed by atoms with E-state index in [0.29, 0.717) is 0 Å². The second kappa shape index (κ2) is 7.29. The van der Waals surface area contributed by atoms with Gasteiger partial charge in [-0.2, -0.15) is 0 Å². The molecule has 0 saturated heterocycles. The molecule has 3 nitrogen and oxygen atoms in total. The Morgan fingerprint density at radius 2 is 2.19 bits per heavy atom. The van der Waals surface area contributed by atoms with E-state index in [4.69, 9.17) is 4.74 Å². The molecule has 0 amide bonds. The van der Waals surface area contributed by atoms with Gasteiger partial charge in [-0.1, -0.05) is 6.07 Å². The molecule has 0 spiro atoms. The Balaban J connectivity index is 2.33. The molecular formula is C16H21BrN2OS. The zero-order valence-electron chi connectivity index (χ0n) is 12.8. The Kier molecular flexibility index (Phi) is 5.67. The number of thiophene rings is 1. The predicted molar refractivity (Wildman–Crippen MR) is 94.6 cm³/mol. The van der Waals surface area contributed by atoms with Crippen LogP contribution in [0.4, 0.5) is 5.69 Å². The maximum atomic E-state index is 5.54. The number of halogens is 1. The predicted octanol–water partition coefficient (Wildman–Crippen LogP) is 4.44. The van der Waals surface area contributed by atoms with Crippen LogP contribution in [0, 0.1) is 0 Å². The summed E-state index contributed by atoms with van der Waals surface area (Å²) in [5.74, 6) is 0.925. The quantitative estimate of drug-likeness (QED) is 0.815. The summed E-state index contributed by atoms with van der Waals surface area (Å²) >= 11 is 5.28. The molecule has 21 heavy (non-hydrogen) atoms. The van der Waals surface area contributed by atoms with Gasteiger partial charge in [0.05, 0.1) is 13.7 Å². The van der Waals surface area contributed by atoms with Crippen LogP contribution in [0.15, 0.2) is 34.1 Å². The zero-order chi connectivity index (χ0) is 15.4. The monoisotopic (exact) mass is 368 g/mol. The smallest absolute Gasteiger partial charge is 0.125 e. The van der Waals surface area contributed by atoms with Gasteiger partial charge in [-0.3, -0.25) is 0 Å². The number of benzene rings is 1. The van der Waals surface area contributed by atoms with E-state index in [2.05, 4.69) is 57.6 Å². The summed E-state index contributed by atoms with van der Waals surface area (Å²) in [5.41, 5.74) is 2.39. The number of nitrogens with one attached hydrogen (secondary N) is 1. The van der Waals surface area contributed by atoms with Crippen LogP contribution < -0.4 is 15.0 Å². The van der Waals surface area contributed by atoms with Gasteiger partial charge in [-0.25, -0.2) is 0 Å². The molecular weight excluding hydrogens is 348 g/mol. The van der Waals surface area contributed by atoms with Crippen LogP contribution in [0.1, 0.15) is 23.4 Å². The molecule has 1 aromatic heterocycles. The van der Waals surface area contributed by atoms with Crippen LogP contribution >= 0.6 is 27.3 Å². The van der Waals surface area contributed by atoms with Crippen LogP contribution in [0.25, 0.3) is 0 Å². The lowest BCUT2D eigenvalue weighted by Crippen LogP contribution is -2.21. The van der Waals surface area contributed by atoms with Gasteiger partial charge in [0.25, 0.3) is 0 Å². The summed E-state index contributed by atoms with van der Waals surface area (Å²) in [6, 6.07) is 8.61. The number of hydrogen-bond donors (Lipinski definition) is 1. The minimum absolute atomic E-state index is 0.230. The standard InChI is InChI=1S/C16H21BrN2OS/c1-11(18-2)16-14(6-5-7-15(16)20-4)19(3)9-13-8-12(17)10-21-13/h5-8,10-11,18H,9H2,1-4H3. The summed E-state index contributed by atoms with van der Waals surface area (Å²) in [7, 11) is 5.81. The van der Waals surface area contributed by atoms with Crippen molar-refractivity contribution >= 4 is 33.0 Å². The van der Waals surface area contributed by atoms with Crippen LogP contribution in [-0.4, -0.2) is 21.2 Å². The fourth-order valence-electron chi connectivity index (χ4n) is 2.38. The Labute approximate surface area is 139 Å². The Morgan fingerprint density at radius 1 is 1.43 bits per heavy atom. The summed E-state index contributed by atoms with van der Waals surface area (Å²) in [6.45, 7) is 3.03. The minimum Gasteiger partial charge on any atom is -0.496 e. The van der Waals surface area contributed by atoms with Crippen molar-refractivity contribution in [3.05, 3.63) is 44.6 Å². The van der Waals surface area contributed by atoms with Crippen LogP contribution in [-0.2, 0) is 6.54 Å². The molecule has 114 valence electrons. The van der Waals surface area contributed by atoms with Crippen molar-refractivity contribution in [3.8, 4) is 5.75 Å². The molecule has 1 unspecified atom stereocenters. The molecule has 2 aromatic rings. The second-order valence-corrected chi connectivity index (χ2v) is 6.90. The Hall–Kier alpha value is -1.04. The summed E-state index contributed by atoms with van der Waals surface area (Å²) in [4.78, 5) is 3.60. The van der Waals surface area contributed by atoms with Crippen molar-refractivity contribution in [1.29, 1.82) is 0 Å². The van der Waals surface area contributed by atoms with E-state index in [9.17, 15) is 0 Å². The highest BCUT2D eigenvalue weighted by atomic mass is 79.9. The molecule has 0 aliphatic rings. The third-order valence-electron chi connectivity index (χ3n) is 3.56. The van der Waals surface area contributed by atoms with Gasteiger partial charge in [-0.05, 0) is 48.1 Å². The van der Waals surface area contributed by atoms with E-state index in [1.165, 1.54) is 16.1 Å². The maximum absolute atomic E-state index is 5.54. The van der Waals surface area contributed by atoms with Gasteiger partial charge >= 0.3 is 0 Å². The first-order chi connectivity index (χ1) is 10.1. The van der Waals surface area contributed by atoms with Crippen molar-refractivity contribution < 1.29 is 4.74 Å². The highest BCUT2D eigenvalue weighted by molar-refractivity contribution is 9.10. The highest BCUT2D eigenvalue weighted by Gasteiger charge is 2.17. The maximum Gasteiger partial charge on any atom is 0.125 e. The van der Waals surface area contributed by atoms with E-state index >= 15 is 0 Å². The van der Waals surface area contributed by atoms with Crippen molar-refractivity contribution in [3.63, 3.8) is 0 Å². The number of anilines is 1. The zero-order valence-corrected chi connectivity index (χ0v) is 15.2. The number of ether oxygens (including phenoxy) is 1. The molecule has 0 saturated carbocycles. The average Bonchev–Trinajstić information content (AvgIpc) is 2.90. The third kappa shape index (κ3) is 3.78. The molecule has 0 fully saturated rings. The molecule has 0 bridgehead atoms. The van der Waals surface area contributed by atoms with Crippen LogP contribution in [0.3, 0.4) is 0 Å². The van der Waals surface area contributed by atoms with E-state index in [0.717, 1.165) is 16.8 Å². The Bertz CT molecular complexity index is 600. The lowest BCUT2D eigenvalue weighted by atomic mass is 10.0. The fraction of sp³-hybridized carbons (Fsp3) is 0.375. The highest BCUT2D eigenvalue weighted by Crippen LogP contribution is 2.35. The van der Waals surface area contributed by atoms with Gasteiger partial charge in [-0.15, -0.1) is 11.3 Å². The molecule has 0 radical (unpaired) electrons. The van der Waals surface area contributed by atoms with Gasteiger partial charge in [0.1, 0.15) is 5.75 Å². The molecule has 0 aliphatic heterocycles. The van der Waals surface area contributed by atoms with E-state index in [1.807, 2.05) is 19.2 Å². The molecule has 1 atom stereocenters. The largest absolute Gasteiger partial charge is 0.496 e. The first-order valence-corrected chi connectivity index (χ1v) is 8.52. The first kappa shape index (κ1) is 16.3. The average molecular weight is 369 g/mol. The molecule has 1 heterocycles. The second-order valence-electron chi connectivity index (χ2n) is 4.99. The molecule has 5 heteroatoms. The number of nitrogens with zero attached hydrogens (tertiary/aromatic N) is 1. The lowest BCUT2D eigenvalue weighted by molar-refractivity contribution is 0.404. The molecule has 1 N–H and O–H groups in total. The topological polar surface area (TPSA) is 24.5 Å². The molecule has 0 aliphatic carbocycles. The van der Waals surface area contributed by atoms with Gasteiger partial charge < -0.3 is 15.0 Å². The van der Waals surface area contributed by atoms with Crippen LogP contribution in [0.2, 0.25) is 0 Å². The molecule has 1 aromatic carbocycles. The lowest BCUT2D eigenvalue weighted by Gasteiger charge is -2.26. The summed E-state index contributed by atoms with van der Waals surface area (Å²) in [6.07, 6.45) is 0. The summed E-state index contributed by atoms with van der Waals surface area (Å²) in [5, 5.41) is 5.42. The van der Waals surface area contributed by atoms with Gasteiger partial charge in [0.15, 0.2) is 0 Å². The first-order valence-electron chi connectivity index (χ1n) is 6.85. The third-order valence-corrected chi connectivity index (χ3v) is 5.24. The van der Waals surface area contributed by atoms with Gasteiger partial charge in [0, 0.05) is 39.1 Å². The van der Waals surface area contributed by atoms with Crippen molar-refractivity contribution in [1.82, 2.24) is 5.32 Å². The molecule has 2 rings (SSSR count). The number of hydrogen-bond acceptors (Lipinski definition) is 4. The van der Waals surface area contributed by atoms with Crippen molar-refractivity contribution in [2.75, 3.05) is 26.1 Å². The number of rotatable bonds is 6.